The van der Waals surface area contributed by atoms with E-state index in [-0.39, 0.29) is 23.9 Å². The molecular formula is C26H39N3O5. The van der Waals surface area contributed by atoms with Gasteiger partial charge in [0.05, 0.1) is 30.7 Å². The van der Waals surface area contributed by atoms with Crippen LogP contribution in [-0.4, -0.2) is 38.7 Å². The number of carbonyl (C=O) groups is 2. The number of benzene rings is 1. The fourth-order valence-corrected chi connectivity index (χ4v) is 3.84. The van der Waals surface area contributed by atoms with E-state index in [2.05, 4.69) is 6.92 Å². The van der Waals surface area contributed by atoms with E-state index in [4.69, 9.17) is 10.5 Å². The number of carboxylic acid groups (broad SMARTS) is 1. The Balaban J connectivity index is 2.92. The Kier molecular flexibility index (Phi) is 8.40. The van der Waals surface area contributed by atoms with E-state index in [0.717, 1.165) is 12.8 Å². The van der Waals surface area contributed by atoms with Crippen LogP contribution in [0, 0.1) is 5.41 Å². The van der Waals surface area contributed by atoms with Gasteiger partial charge in [0.2, 0.25) is 5.91 Å². The molecule has 2 aromatic rings. The van der Waals surface area contributed by atoms with Crippen LogP contribution in [0.5, 0.6) is 5.75 Å². The van der Waals surface area contributed by atoms with Gasteiger partial charge in [-0.15, -0.1) is 0 Å². The molecule has 1 aromatic carbocycles. The van der Waals surface area contributed by atoms with Gasteiger partial charge in [0.1, 0.15) is 5.75 Å². The summed E-state index contributed by atoms with van der Waals surface area (Å²) < 4.78 is 7.91. The standard InChI is InChI=1S/C26H39N3O5/c1-8-9-12-34-22-19-13-17(14-21(27)30)10-11-18(19)23(31)28(16-25(2,3)4)20(22)15-29(24(32)33)26(5,6)7/h10-11,13H,8-9,12,14-16H2,1-7H3,(H2,27,30)(H,32,33). The largest absolute Gasteiger partial charge is 0.491 e. The molecule has 0 saturated heterocycles. The fraction of sp³-hybridized carbons (Fsp3) is 0.577. The van der Waals surface area contributed by atoms with Gasteiger partial charge < -0.3 is 20.1 Å². The van der Waals surface area contributed by atoms with Gasteiger partial charge in [-0.1, -0.05) is 40.2 Å². The first-order valence-electron chi connectivity index (χ1n) is 11.8. The molecule has 0 aliphatic carbocycles. The Labute approximate surface area is 201 Å². The van der Waals surface area contributed by atoms with E-state index in [9.17, 15) is 19.5 Å². The van der Waals surface area contributed by atoms with Gasteiger partial charge in [0, 0.05) is 17.5 Å². The maximum atomic E-state index is 13.7. The van der Waals surface area contributed by atoms with Gasteiger partial charge in [-0.3, -0.25) is 14.5 Å². The number of primary amides is 1. The third-order valence-corrected chi connectivity index (χ3v) is 5.50. The number of hydrogen-bond donors (Lipinski definition) is 2. The van der Waals surface area contributed by atoms with E-state index < -0.39 is 17.5 Å². The Hall–Kier alpha value is -3.03. The molecule has 0 spiro atoms. The van der Waals surface area contributed by atoms with Crippen LogP contribution < -0.4 is 16.0 Å². The molecule has 0 unspecified atom stereocenters. The summed E-state index contributed by atoms with van der Waals surface area (Å²) in [5.74, 6) is 0.00741. The van der Waals surface area contributed by atoms with E-state index in [0.29, 0.717) is 40.9 Å². The minimum atomic E-state index is -1.08. The molecule has 0 fully saturated rings. The number of rotatable bonds is 9. The van der Waals surface area contributed by atoms with Crippen molar-refractivity contribution < 1.29 is 19.4 Å². The molecule has 8 heteroatoms. The number of ether oxygens (including phenoxy) is 1. The highest BCUT2D eigenvalue weighted by Gasteiger charge is 2.31. The SMILES string of the molecule is CCCCOc1c(CN(C(=O)O)C(C)(C)C)n(CC(C)(C)C)c(=O)c2ccc(CC(N)=O)cc12. The topological polar surface area (TPSA) is 115 Å². The average Bonchev–Trinajstić information content (AvgIpc) is 2.67. The summed E-state index contributed by atoms with van der Waals surface area (Å²) in [5, 5.41) is 11.0. The number of nitrogens with zero attached hydrogens (tertiary/aromatic N) is 2. The van der Waals surface area contributed by atoms with E-state index in [1.54, 1.807) is 22.8 Å². The highest BCUT2D eigenvalue weighted by molar-refractivity contribution is 5.90. The number of amides is 2. The molecule has 8 nitrogen and oxygen atoms in total. The quantitative estimate of drug-likeness (QED) is 0.519. The normalized spacial score (nSPS) is 12.1. The molecule has 3 N–H and O–H groups in total. The first kappa shape index (κ1) is 27.2. The lowest BCUT2D eigenvalue weighted by Gasteiger charge is -2.35. The molecule has 2 amide bonds. The van der Waals surface area contributed by atoms with Gasteiger partial charge in [-0.05, 0) is 50.3 Å². The Bertz CT molecular complexity index is 1110. The van der Waals surface area contributed by atoms with Crippen LogP contribution in [0.1, 0.15) is 72.6 Å². The van der Waals surface area contributed by atoms with Crippen LogP contribution in [0.4, 0.5) is 4.79 Å². The van der Waals surface area contributed by atoms with Crippen molar-refractivity contribution >= 4 is 22.8 Å². The molecule has 2 rings (SSSR count). The summed E-state index contributed by atoms with van der Waals surface area (Å²) in [6.07, 6.45) is 0.686. The number of pyridine rings is 1. The Morgan fingerprint density at radius 3 is 2.26 bits per heavy atom. The molecule has 0 aliphatic heterocycles. The molecule has 1 aromatic heterocycles. The number of carbonyl (C=O) groups excluding carboxylic acids is 1. The van der Waals surface area contributed by atoms with Gasteiger partial charge in [-0.25, -0.2) is 4.79 Å². The molecular weight excluding hydrogens is 434 g/mol. The number of fused-ring (bicyclic) bond motifs is 1. The van der Waals surface area contributed by atoms with Gasteiger partial charge in [0.15, 0.2) is 0 Å². The molecule has 0 bridgehead atoms. The smallest absolute Gasteiger partial charge is 0.408 e. The lowest BCUT2D eigenvalue weighted by Crippen LogP contribution is -2.45. The number of unbranched alkanes of at least 4 members (excludes halogenated alkanes) is 1. The molecule has 1 heterocycles. The van der Waals surface area contributed by atoms with Crippen molar-refractivity contribution in [2.24, 2.45) is 11.1 Å². The predicted octanol–water partition coefficient (Wildman–Crippen LogP) is 4.53. The molecule has 0 saturated carbocycles. The van der Waals surface area contributed by atoms with Crippen molar-refractivity contribution in [3.63, 3.8) is 0 Å². The second kappa shape index (κ2) is 10.5. The van der Waals surface area contributed by atoms with Crippen molar-refractivity contribution in [2.45, 2.75) is 86.4 Å². The molecule has 188 valence electrons. The van der Waals surface area contributed by atoms with Crippen molar-refractivity contribution in [1.82, 2.24) is 9.47 Å². The first-order valence-corrected chi connectivity index (χ1v) is 11.8. The minimum Gasteiger partial charge on any atom is -0.491 e. The third kappa shape index (κ3) is 6.74. The van der Waals surface area contributed by atoms with E-state index >= 15 is 0 Å². The van der Waals surface area contributed by atoms with Crippen molar-refractivity contribution in [2.75, 3.05) is 6.61 Å². The maximum absolute atomic E-state index is 13.7. The summed E-state index contributed by atoms with van der Waals surface area (Å²) in [7, 11) is 0. The van der Waals surface area contributed by atoms with Gasteiger partial charge >= 0.3 is 6.09 Å². The monoisotopic (exact) mass is 473 g/mol. The second-order valence-corrected chi connectivity index (χ2v) is 11.0. The Morgan fingerprint density at radius 1 is 1.12 bits per heavy atom. The summed E-state index contributed by atoms with van der Waals surface area (Å²) in [4.78, 5) is 38.7. The second-order valence-electron chi connectivity index (χ2n) is 11.0. The van der Waals surface area contributed by atoms with Crippen LogP contribution in [-0.2, 0) is 24.3 Å². The van der Waals surface area contributed by atoms with Crippen LogP contribution in [0.2, 0.25) is 0 Å². The summed E-state index contributed by atoms with van der Waals surface area (Å²) in [5.41, 5.74) is 5.43. The van der Waals surface area contributed by atoms with Gasteiger partial charge in [0.25, 0.3) is 5.56 Å². The zero-order chi connectivity index (χ0) is 25.8. The summed E-state index contributed by atoms with van der Waals surface area (Å²) in [6, 6.07) is 5.18. The Morgan fingerprint density at radius 2 is 1.76 bits per heavy atom. The lowest BCUT2D eigenvalue weighted by molar-refractivity contribution is -0.117. The van der Waals surface area contributed by atoms with Crippen LogP contribution in [0.3, 0.4) is 0 Å². The van der Waals surface area contributed by atoms with E-state index in [1.807, 2.05) is 41.5 Å². The predicted molar refractivity (Wildman–Crippen MR) is 134 cm³/mol. The van der Waals surface area contributed by atoms with Crippen molar-refractivity contribution in [1.29, 1.82) is 0 Å². The number of nitrogens with two attached hydrogens (primary N) is 1. The zero-order valence-electron chi connectivity index (χ0n) is 21.5. The van der Waals surface area contributed by atoms with Gasteiger partial charge in [-0.2, -0.15) is 0 Å². The van der Waals surface area contributed by atoms with Crippen LogP contribution in [0.15, 0.2) is 23.0 Å². The lowest BCUT2D eigenvalue weighted by atomic mass is 9.95. The highest BCUT2D eigenvalue weighted by Crippen LogP contribution is 2.33. The highest BCUT2D eigenvalue weighted by atomic mass is 16.5. The van der Waals surface area contributed by atoms with Crippen LogP contribution >= 0.6 is 0 Å². The van der Waals surface area contributed by atoms with Crippen molar-refractivity contribution in [3.8, 4) is 5.75 Å². The number of hydrogen-bond acceptors (Lipinski definition) is 4. The average molecular weight is 474 g/mol. The third-order valence-electron chi connectivity index (χ3n) is 5.50. The summed E-state index contributed by atoms with van der Waals surface area (Å²) in [6.45, 7) is 14.4. The van der Waals surface area contributed by atoms with E-state index in [1.165, 1.54) is 4.90 Å². The zero-order valence-corrected chi connectivity index (χ0v) is 21.5. The van der Waals surface area contributed by atoms with Crippen molar-refractivity contribution in [3.05, 3.63) is 39.8 Å². The number of aromatic nitrogens is 1. The molecule has 34 heavy (non-hydrogen) atoms. The first-order chi connectivity index (χ1) is 15.7. The molecule has 0 radical (unpaired) electrons. The minimum absolute atomic E-state index is 0.0123. The molecule has 0 atom stereocenters. The summed E-state index contributed by atoms with van der Waals surface area (Å²) >= 11 is 0. The fourth-order valence-electron chi connectivity index (χ4n) is 3.84. The van der Waals surface area contributed by atoms with Crippen LogP contribution in [0.25, 0.3) is 10.8 Å². The maximum Gasteiger partial charge on any atom is 0.408 e. The molecule has 0 aliphatic rings.